The van der Waals surface area contributed by atoms with E-state index in [2.05, 4.69) is 48.3 Å². The fraction of sp³-hybridized carbons (Fsp3) is 0.500. The van der Waals surface area contributed by atoms with Gasteiger partial charge in [-0.05, 0) is 36.9 Å². The average Bonchev–Trinajstić information content (AvgIpc) is 2.50. The molecular formula is C18H25N3. The molecule has 1 N–H and O–H groups in total. The van der Waals surface area contributed by atoms with Crippen molar-refractivity contribution in [1.29, 1.82) is 0 Å². The minimum atomic E-state index is 0.783. The first kappa shape index (κ1) is 14.3. The zero-order chi connectivity index (χ0) is 14.8. The van der Waals surface area contributed by atoms with Crippen LogP contribution in [0.4, 0.5) is 5.82 Å². The van der Waals surface area contributed by atoms with Crippen molar-refractivity contribution in [1.82, 2.24) is 9.88 Å². The van der Waals surface area contributed by atoms with Crippen molar-refractivity contribution in [3.8, 4) is 0 Å². The maximum Gasteiger partial charge on any atom is 0.130 e. The third kappa shape index (κ3) is 3.03. The molecule has 3 heteroatoms. The Hall–Kier alpha value is -1.61. The van der Waals surface area contributed by atoms with E-state index in [-0.39, 0.29) is 0 Å². The summed E-state index contributed by atoms with van der Waals surface area (Å²) in [6.45, 7) is 8.12. The Balaban J connectivity index is 1.85. The highest BCUT2D eigenvalue weighted by Gasteiger charge is 2.23. The largest absolute Gasteiger partial charge is 0.373 e. The number of anilines is 1. The van der Waals surface area contributed by atoms with E-state index in [4.69, 9.17) is 4.98 Å². The summed E-state index contributed by atoms with van der Waals surface area (Å²) in [5.41, 5.74) is 2.36. The summed E-state index contributed by atoms with van der Waals surface area (Å²) >= 11 is 0. The molecule has 0 aliphatic carbocycles. The molecule has 0 radical (unpaired) electrons. The van der Waals surface area contributed by atoms with Crippen LogP contribution >= 0.6 is 0 Å². The molecule has 21 heavy (non-hydrogen) atoms. The van der Waals surface area contributed by atoms with Crippen molar-refractivity contribution in [2.75, 3.05) is 25.5 Å². The van der Waals surface area contributed by atoms with E-state index in [1.165, 1.54) is 30.5 Å². The van der Waals surface area contributed by atoms with Crippen molar-refractivity contribution in [2.24, 2.45) is 11.8 Å². The van der Waals surface area contributed by atoms with Gasteiger partial charge in [-0.2, -0.15) is 0 Å². The second-order valence-electron chi connectivity index (χ2n) is 6.42. The number of aromatic nitrogens is 1. The minimum absolute atomic E-state index is 0.783. The average molecular weight is 283 g/mol. The first-order valence-corrected chi connectivity index (χ1v) is 7.96. The molecule has 1 aromatic carbocycles. The number of para-hydroxylation sites is 1. The van der Waals surface area contributed by atoms with Crippen molar-refractivity contribution in [2.45, 2.75) is 26.8 Å². The lowest BCUT2D eigenvalue weighted by Crippen LogP contribution is -2.38. The van der Waals surface area contributed by atoms with E-state index in [0.29, 0.717) is 0 Å². The maximum absolute atomic E-state index is 4.76. The van der Waals surface area contributed by atoms with Gasteiger partial charge in [-0.25, -0.2) is 4.98 Å². The predicted octanol–water partition coefficient (Wildman–Crippen LogP) is 3.75. The number of benzene rings is 1. The molecule has 2 heterocycles. The first-order chi connectivity index (χ1) is 10.2. The molecule has 2 aromatic rings. The van der Waals surface area contributed by atoms with Gasteiger partial charge in [-0.1, -0.05) is 32.0 Å². The number of hydrogen-bond acceptors (Lipinski definition) is 3. The quantitative estimate of drug-likeness (QED) is 0.929. The molecule has 2 atom stereocenters. The highest BCUT2D eigenvalue weighted by molar-refractivity contribution is 5.81. The van der Waals surface area contributed by atoms with E-state index in [9.17, 15) is 0 Å². The summed E-state index contributed by atoms with van der Waals surface area (Å²) in [6, 6.07) is 10.6. The van der Waals surface area contributed by atoms with Crippen LogP contribution in [0.15, 0.2) is 30.3 Å². The van der Waals surface area contributed by atoms with Crippen LogP contribution in [0.3, 0.4) is 0 Å². The number of rotatable bonds is 3. The molecule has 0 spiro atoms. The lowest BCUT2D eigenvalue weighted by Gasteiger charge is -2.35. The Morgan fingerprint density at radius 2 is 2.05 bits per heavy atom. The van der Waals surface area contributed by atoms with Crippen LogP contribution in [-0.4, -0.2) is 30.0 Å². The summed E-state index contributed by atoms with van der Waals surface area (Å²) in [4.78, 5) is 7.32. The van der Waals surface area contributed by atoms with E-state index >= 15 is 0 Å². The monoisotopic (exact) mass is 283 g/mol. The van der Waals surface area contributed by atoms with Gasteiger partial charge < -0.3 is 5.32 Å². The van der Waals surface area contributed by atoms with Gasteiger partial charge in [0, 0.05) is 31.1 Å². The first-order valence-electron chi connectivity index (χ1n) is 7.96. The van der Waals surface area contributed by atoms with E-state index in [1.54, 1.807) is 0 Å². The molecule has 1 aromatic heterocycles. The summed E-state index contributed by atoms with van der Waals surface area (Å²) in [6.07, 6.45) is 1.30. The number of hydrogen-bond donors (Lipinski definition) is 1. The van der Waals surface area contributed by atoms with Crippen molar-refractivity contribution in [3.63, 3.8) is 0 Å². The Bertz CT molecular complexity index is 623. The normalized spacial score (nSPS) is 23.4. The van der Waals surface area contributed by atoms with Crippen LogP contribution in [0.25, 0.3) is 10.9 Å². The molecule has 1 fully saturated rings. The van der Waals surface area contributed by atoms with E-state index in [1.807, 2.05) is 13.1 Å². The van der Waals surface area contributed by atoms with Gasteiger partial charge in [0.1, 0.15) is 5.82 Å². The van der Waals surface area contributed by atoms with Crippen molar-refractivity contribution >= 4 is 16.7 Å². The standard InChI is InChI=1S/C18H25N3/c1-13-8-9-21(11-14(13)2)12-16-10-15-6-4-5-7-17(15)20-18(16)19-3/h4-7,10,13-14H,8-9,11-12H2,1-3H3,(H,19,20). The number of pyridine rings is 1. The van der Waals surface area contributed by atoms with Crippen LogP contribution in [0.5, 0.6) is 0 Å². The molecule has 1 saturated heterocycles. The fourth-order valence-electron chi connectivity index (χ4n) is 3.23. The second-order valence-corrected chi connectivity index (χ2v) is 6.42. The van der Waals surface area contributed by atoms with Gasteiger partial charge in [0.2, 0.25) is 0 Å². The molecule has 0 bridgehead atoms. The van der Waals surface area contributed by atoms with Crippen LogP contribution in [-0.2, 0) is 6.54 Å². The molecule has 1 aliphatic heterocycles. The summed E-state index contributed by atoms with van der Waals surface area (Å²) in [7, 11) is 1.96. The van der Waals surface area contributed by atoms with Gasteiger partial charge in [-0.15, -0.1) is 0 Å². The van der Waals surface area contributed by atoms with Gasteiger partial charge >= 0.3 is 0 Å². The van der Waals surface area contributed by atoms with Gasteiger partial charge in [0.15, 0.2) is 0 Å². The van der Waals surface area contributed by atoms with Crippen molar-refractivity contribution < 1.29 is 0 Å². The molecule has 3 nitrogen and oxygen atoms in total. The van der Waals surface area contributed by atoms with Crippen molar-refractivity contribution in [3.05, 3.63) is 35.9 Å². The highest BCUT2D eigenvalue weighted by atomic mass is 15.1. The minimum Gasteiger partial charge on any atom is -0.373 e. The molecule has 112 valence electrons. The highest BCUT2D eigenvalue weighted by Crippen LogP contribution is 2.26. The van der Waals surface area contributed by atoms with Crippen LogP contribution in [0.2, 0.25) is 0 Å². The molecule has 2 unspecified atom stereocenters. The SMILES string of the molecule is CNc1nc2ccccc2cc1CN1CCC(C)C(C)C1. The fourth-order valence-corrected chi connectivity index (χ4v) is 3.23. The summed E-state index contributed by atoms with van der Waals surface area (Å²) in [5, 5.41) is 4.49. The van der Waals surface area contributed by atoms with Gasteiger partial charge in [-0.3, -0.25) is 4.90 Å². The van der Waals surface area contributed by atoms with Gasteiger partial charge in [0.05, 0.1) is 5.52 Å². The second kappa shape index (κ2) is 6.02. The molecule has 0 amide bonds. The predicted molar refractivity (Wildman–Crippen MR) is 89.5 cm³/mol. The van der Waals surface area contributed by atoms with E-state index < -0.39 is 0 Å². The summed E-state index contributed by atoms with van der Waals surface area (Å²) in [5.74, 6) is 2.64. The third-order valence-corrected chi connectivity index (χ3v) is 4.85. The Labute approximate surface area is 127 Å². The maximum atomic E-state index is 4.76. The number of nitrogens with one attached hydrogen (secondary N) is 1. The smallest absolute Gasteiger partial charge is 0.130 e. The Morgan fingerprint density at radius 1 is 1.24 bits per heavy atom. The van der Waals surface area contributed by atoms with Crippen LogP contribution in [0.1, 0.15) is 25.8 Å². The van der Waals surface area contributed by atoms with Crippen LogP contribution in [0, 0.1) is 11.8 Å². The summed E-state index contributed by atoms with van der Waals surface area (Å²) < 4.78 is 0. The third-order valence-electron chi connectivity index (χ3n) is 4.85. The zero-order valence-electron chi connectivity index (χ0n) is 13.3. The topological polar surface area (TPSA) is 28.2 Å². The number of piperidine rings is 1. The molecular weight excluding hydrogens is 258 g/mol. The number of likely N-dealkylation sites (tertiary alicyclic amines) is 1. The number of nitrogens with zero attached hydrogens (tertiary/aromatic N) is 2. The zero-order valence-corrected chi connectivity index (χ0v) is 13.3. The molecule has 3 rings (SSSR count). The van der Waals surface area contributed by atoms with E-state index in [0.717, 1.165) is 29.7 Å². The van der Waals surface area contributed by atoms with Gasteiger partial charge in [0.25, 0.3) is 0 Å². The molecule has 1 aliphatic rings. The molecule has 0 saturated carbocycles. The Morgan fingerprint density at radius 3 is 2.81 bits per heavy atom. The number of fused-ring (bicyclic) bond motifs is 1. The van der Waals surface area contributed by atoms with Crippen LogP contribution < -0.4 is 5.32 Å². The lowest BCUT2D eigenvalue weighted by molar-refractivity contribution is 0.132. The Kier molecular flexibility index (Phi) is 4.11. The lowest BCUT2D eigenvalue weighted by atomic mass is 9.88.